The highest BCUT2D eigenvalue weighted by Crippen LogP contribution is 2.32. The number of rotatable bonds is 6. The molecular weight excluding hydrogens is 552 g/mol. The Morgan fingerprint density at radius 1 is 1.08 bits per heavy atom. The minimum absolute atomic E-state index is 0.221. The fourth-order valence-corrected chi connectivity index (χ4v) is 5.88. The first-order valence-corrected chi connectivity index (χ1v) is 13.6. The molecule has 2 heterocycles. The summed E-state index contributed by atoms with van der Waals surface area (Å²) in [4.78, 5) is 32.2. The molecule has 6 nitrogen and oxygen atoms in total. The van der Waals surface area contributed by atoms with E-state index in [0.29, 0.717) is 33.0 Å². The quantitative estimate of drug-likeness (QED) is 0.299. The van der Waals surface area contributed by atoms with Gasteiger partial charge in [-0.2, -0.15) is 0 Å². The van der Waals surface area contributed by atoms with Crippen LogP contribution in [0.15, 0.2) is 86.2 Å². The van der Waals surface area contributed by atoms with Gasteiger partial charge in [-0.3, -0.25) is 9.36 Å². The lowest BCUT2D eigenvalue weighted by molar-refractivity contribution is -0.139. The Morgan fingerprint density at radius 3 is 2.57 bits per heavy atom. The topological polar surface area (TPSA) is 69.9 Å². The lowest BCUT2D eigenvalue weighted by atomic mass is 9.96. The highest BCUT2D eigenvalue weighted by Gasteiger charge is 2.33. The van der Waals surface area contributed by atoms with Crippen LogP contribution in [-0.4, -0.2) is 23.8 Å². The van der Waals surface area contributed by atoms with Crippen LogP contribution >= 0.6 is 27.3 Å². The number of hydrogen-bond donors (Lipinski definition) is 0. The molecule has 8 heteroatoms. The molecule has 3 aromatic carbocycles. The van der Waals surface area contributed by atoms with Crippen molar-refractivity contribution in [3.8, 4) is 5.75 Å². The molecule has 0 unspecified atom stereocenters. The maximum atomic E-state index is 14.0. The van der Waals surface area contributed by atoms with Gasteiger partial charge in [-0.1, -0.05) is 69.7 Å². The maximum absolute atomic E-state index is 14.0. The number of fused-ring (bicyclic) bond motifs is 2. The number of esters is 1. The molecule has 188 valence electrons. The number of allylic oxidation sites excluding steroid dienone is 1. The molecule has 5 rings (SSSR count). The van der Waals surface area contributed by atoms with E-state index in [1.807, 2.05) is 73.7 Å². The summed E-state index contributed by atoms with van der Waals surface area (Å²) in [5.41, 5.74) is 2.32. The first-order valence-electron chi connectivity index (χ1n) is 12.0. The fraction of sp³-hybridized carbons (Fsp3) is 0.207. The second kappa shape index (κ2) is 10.5. The van der Waals surface area contributed by atoms with Crippen molar-refractivity contribution in [2.24, 2.45) is 4.99 Å². The van der Waals surface area contributed by atoms with Crippen LogP contribution < -0.4 is 19.6 Å². The van der Waals surface area contributed by atoms with Crippen LogP contribution in [0.3, 0.4) is 0 Å². The summed E-state index contributed by atoms with van der Waals surface area (Å²) in [6, 6.07) is 18.9. The smallest absolute Gasteiger partial charge is 0.338 e. The number of carbonyl (C=O) groups excluding carboxylic acids is 1. The van der Waals surface area contributed by atoms with Gasteiger partial charge in [0.1, 0.15) is 5.75 Å². The zero-order valence-electron chi connectivity index (χ0n) is 20.7. The predicted octanol–water partition coefficient (Wildman–Crippen LogP) is 5.11. The van der Waals surface area contributed by atoms with Gasteiger partial charge in [0.25, 0.3) is 5.56 Å². The third kappa shape index (κ3) is 4.67. The number of nitrogens with zero attached hydrogens (tertiary/aromatic N) is 2. The van der Waals surface area contributed by atoms with Crippen LogP contribution in [0, 0.1) is 0 Å². The van der Waals surface area contributed by atoms with Crippen molar-refractivity contribution in [3.05, 3.63) is 107 Å². The molecule has 1 aliphatic rings. The van der Waals surface area contributed by atoms with E-state index >= 15 is 0 Å². The molecule has 0 amide bonds. The number of aromatic nitrogens is 1. The van der Waals surface area contributed by atoms with E-state index in [1.165, 1.54) is 11.3 Å². The van der Waals surface area contributed by atoms with Crippen molar-refractivity contribution in [1.82, 2.24) is 4.57 Å². The van der Waals surface area contributed by atoms with Gasteiger partial charge in [-0.15, -0.1) is 0 Å². The zero-order chi connectivity index (χ0) is 26.1. The molecular formula is C29H25BrN2O4S. The highest BCUT2D eigenvalue weighted by molar-refractivity contribution is 9.10. The largest absolute Gasteiger partial charge is 0.493 e. The third-order valence-corrected chi connectivity index (χ3v) is 7.72. The number of thiazole rings is 1. The second-order valence-electron chi connectivity index (χ2n) is 8.49. The SMILES string of the molecule is CCOC(=O)C1=C(C)N=c2s/c(=C\c3c(OCC)ccc4ccccc34)c(=O)n2[C@@H]1c1ccc(Br)cc1. The molecule has 1 aliphatic heterocycles. The Bertz CT molecular complexity index is 1720. The van der Waals surface area contributed by atoms with Crippen LogP contribution in [0.4, 0.5) is 0 Å². The monoisotopic (exact) mass is 576 g/mol. The van der Waals surface area contributed by atoms with Crippen molar-refractivity contribution in [2.75, 3.05) is 13.2 Å². The van der Waals surface area contributed by atoms with Crippen molar-refractivity contribution < 1.29 is 14.3 Å². The summed E-state index contributed by atoms with van der Waals surface area (Å²) < 4.78 is 14.3. The molecule has 0 N–H and O–H groups in total. The van der Waals surface area contributed by atoms with Gasteiger partial charge in [0.2, 0.25) is 0 Å². The van der Waals surface area contributed by atoms with Gasteiger partial charge in [0.05, 0.1) is 35.1 Å². The van der Waals surface area contributed by atoms with Crippen LogP contribution in [0.25, 0.3) is 16.8 Å². The van der Waals surface area contributed by atoms with Gasteiger partial charge in [0, 0.05) is 10.0 Å². The average molecular weight is 578 g/mol. The van der Waals surface area contributed by atoms with Crippen LogP contribution in [0.1, 0.15) is 37.9 Å². The Labute approximate surface area is 226 Å². The van der Waals surface area contributed by atoms with Crippen molar-refractivity contribution in [2.45, 2.75) is 26.8 Å². The van der Waals surface area contributed by atoms with Crippen molar-refractivity contribution in [3.63, 3.8) is 0 Å². The third-order valence-electron chi connectivity index (χ3n) is 6.21. The predicted molar refractivity (Wildman–Crippen MR) is 150 cm³/mol. The average Bonchev–Trinajstić information content (AvgIpc) is 3.19. The zero-order valence-corrected chi connectivity index (χ0v) is 23.1. The summed E-state index contributed by atoms with van der Waals surface area (Å²) in [5, 5.41) is 2.05. The molecule has 1 atom stereocenters. The Morgan fingerprint density at radius 2 is 1.84 bits per heavy atom. The number of carbonyl (C=O) groups is 1. The normalized spacial score (nSPS) is 15.5. The van der Waals surface area contributed by atoms with E-state index in [2.05, 4.69) is 20.9 Å². The molecule has 0 radical (unpaired) electrons. The highest BCUT2D eigenvalue weighted by atomic mass is 79.9. The number of benzene rings is 3. The Balaban J connectivity index is 1.77. The Kier molecular flexibility index (Phi) is 7.13. The molecule has 0 aliphatic carbocycles. The number of halogens is 1. The summed E-state index contributed by atoms with van der Waals surface area (Å²) in [7, 11) is 0. The van der Waals surface area contributed by atoms with Crippen molar-refractivity contribution >= 4 is 50.1 Å². The minimum Gasteiger partial charge on any atom is -0.493 e. The molecule has 0 saturated heterocycles. The maximum Gasteiger partial charge on any atom is 0.338 e. The van der Waals surface area contributed by atoms with Gasteiger partial charge < -0.3 is 9.47 Å². The summed E-state index contributed by atoms with van der Waals surface area (Å²) in [6.45, 7) is 6.22. The molecule has 1 aromatic heterocycles. The van der Waals surface area contributed by atoms with Gasteiger partial charge in [0.15, 0.2) is 4.80 Å². The van der Waals surface area contributed by atoms with E-state index in [4.69, 9.17) is 9.47 Å². The number of ether oxygens (including phenoxy) is 2. The van der Waals surface area contributed by atoms with Crippen LogP contribution in [-0.2, 0) is 9.53 Å². The summed E-state index contributed by atoms with van der Waals surface area (Å²) in [6.07, 6.45) is 1.87. The summed E-state index contributed by atoms with van der Waals surface area (Å²) in [5.74, 6) is 0.235. The first-order chi connectivity index (χ1) is 17.9. The number of hydrogen-bond acceptors (Lipinski definition) is 6. The van der Waals surface area contributed by atoms with Crippen LogP contribution in [0.5, 0.6) is 5.75 Å². The molecule has 0 bridgehead atoms. The molecule has 4 aromatic rings. The lowest BCUT2D eigenvalue weighted by Gasteiger charge is -2.24. The Hall–Kier alpha value is -3.49. The first kappa shape index (κ1) is 25.2. The lowest BCUT2D eigenvalue weighted by Crippen LogP contribution is -2.39. The minimum atomic E-state index is -0.649. The van der Waals surface area contributed by atoms with E-state index in [1.54, 1.807) is 18.4 Å². The molecule has 37 heavy (non-hydrogen) atoms. The van der Waals surface area contributed by atoms with E-state index < -0.39 is 12.0 Å². The van der Waals surface area contributed by atoms with Gasteiger partial charge in [-0.05, 0) is 61.4 Å². The van der Waals surface area contributed by atoms with Gasteiger partial charge in [-0.25, -0.2) is 9.79 Å². The molecule has 0 saturated carbocycles. The molecule has 0 fully saturated rings. The van der Waals surface area contributed by atoms with E-state index in [0.717, 1.165) is 26.4 Å². The standard InChI is InChI=1S/C29H25BrN2O4S/c1-4-35-23-15-12-18-8-6-7-9-21(18)22(23)16-24-27(33)32-26(19-10-13-20(30)14-11-19)25(28(34)36-5-2)17(3)31-29(32)37-24/h6-16,26H,4-5H2,1-3H3/b24-16-/t26-/m1/s1. The molecule has 0 spiro atoms. The van der Waals surface area contributed by atoms with Crippen LogP contribution in [0.2, 0.25) is 0 Å². The van der Waals surface area contributed by atoms with Crippen molar-refractivity contribution in [1.29, 1.82) is 0 Å². The fourth-order valence-electron chi connectivity index (χ4n) is 4.59. The second-order valence-corrected chi connectivity index (χ2v) is 10.4. The summed E-state index contributed by atoms with van der Waals surface area (Å²) >= 11 is 4.77. The van der Waals surface area contributed by atoms with E-state index in [-0.39, 0.29) is 12.2 Å². The van der Waals surface area contributed by atoms with E-state index in [9.17, 15) is 9.59 Å². The van der Waals surface area contributed by atoms with Gasteiger partial charge >= 0.3 is 5.97 Å².